The van der Waals surface area contributed by atoms with Gasteiger partial charge in [-0.25, -0.2) is 0 Å². The second kappa shape index (κ2) is 4.65. The van der Waals surface area contributed by atoms with Crippen LogP contribution in [0, 0.1) is 5.92 Å². The molecule has 0 unspecified atom stereocenters. The second-order valence-electron chi connectivity index (χ2n) is 4.66. The first kappa shape index (κ1) is 11.8. The van der Waals surface area contributed by atoms with Crippen molar-refractivity contribution >= 4 is 22.8 Å². The number of fused-ring (bicyclic) bond motifs is 1. The molecule has 0 saturated carbocycles. The van der Waals surface area contributed by atoms with Crippen LogP contribution in [0.2, 0.25) is 0 Å². The lowest BCUT2D eigenvalue weighted by atomic mass is 10.2. The van der Waals surface area contributed by atoms with Gasteiger partial charge in [-0.3, -0.25) is 0 Å². The number of rotatable bonds is 4. The minimum Gasteiger partial charge on any atom is -0.423 e. The summed E-state index contributed by atoms with van der Waals surface area (Å²) >= 11 is 0. The third-order valence-corrected chi connectivity index (χ3v) is 2.64. The van der Waals surface area contributed by atoms with Crippen molar-refractivity contribution in [3.05, 3.63) is 18.2 Å². The maximum Gasteiger partial charge on any atom is 0.298 e. The zero-order valence-electron chi connectivity index (χ0n) is 10.6. The molecule has 0 atom stereocenters. The van der Waals surface area contributed by atoms with E-state index in [4.69, 9.17) is 10.2 Å². The highest BCUT2D eigenvalue weighted by molar-refractivity contribution is 5.78. The third kappa shape index (κ3) is 2.52. The Morgan fingerprint density at radius 2 is 2.18 bits per heavy atom. The van der Waals surface area contributed by atoms with E-state index >= 15 is 0 Å². The van der Waals surface area contributed by atoms with Gasteiger partial charge in [-0.05, 0) is 25.0 Å². The average Bonchev–Trinajstić information content (AvgIpc) is 2.68. The van der Waals surface area contributed by atoms with E-state index in [1.54, 1.807) is 0 Å². The number of nitrogens with zero attached hydrogens (tertiary/aromatic N) is 2. The molecular weight excluding hydrogens is 214 g/mol. The molecule has 1 aromatic heterocycles. The van der Waals surface area contributed by atoms with E-state index in [9.17, 15) is 0 Å². The normalized spacial score (nSPS) is 11.3. The van der Waals surface area contributed by atoms with Crippen LogP contribution in [0.4, 0.5) is 11.7 Å². The molecule has 4 heteroatoms. The van der Waals surface area contributed by atoms with Crippen LogP contribution in [-0.4, -0.2) is 18.1 Å². The summed E-state index contributed by atoms with van der Waals surface area (Å²) in [4.78, 5) is 6.62. The van der Waals surface area contributed by atoms with Gasteiger partial charge in [0.05, 0.1) is 0 Å². The number of anilines is 2. The average molecular weight is 233 g/mol. The standard InChI is InChI=1S/C13H19N3O/c1-4-16(8-9(2)3)13-15-11-6-5-10(14)7-12(11)17-13/h5-7,9H,4,8,14H2,1-3H3. The molecule has 1 heterocycles. The summed E-state index contributed by atoms with van der Waals surface area (Å²) in [6, 6.07) is 6.23. The van der Waals surface area contributed by atoms with Crippen molar-refractivity contribution in [2.24, 2.45) is 5.92 Å². The summed E-state index contributed by atoms with van der Waals surface area (Å²) in [5.74, 6) is 0.579. The fourth-order valence-electron chi connectivity index (χ4n) is 1.85. The largest absolute Gasteiger partial charge is 0.423 e. The monoisotopic (exact) mass is 233 g/mol. The smallest absolute Gasteiger partial charge is 0.298 e. The SMILES string of the molecule is CCN(CC(C)C)c1nc2ccc(N)cc2o1. The number of nitrogens with two attached hydrogens (primary N) is 1. The van der Waals surface area contributed by atoms with Gasteiger partial charge < -0.3 is 15.1 Å². The topological polar surface area (TPSA) is 55.3 Å². The predicted molar refractivity (Wildman–Crippen MR) is 71.1 cm³/mol. The Hall–Kier alpha value is -1.71. The van der Waals surface area contributed by atoms with E-state index in [1.165, 1.54) is 0 Å². The van der Waals surface area contributed by atoms with Gasteiger partial charge in [0.2, 0.25) is 0 Å². The van der Waals surface area contributed by atoms with Crippen molar-refractivity contribution in [1.82, 2.24) is 4.98 Å². The summed E-state index contributed by atoms with van der Waals surface area (Å²) in [6.07, 6.45) is 0. The maximum absolute atomic E-state index is 5.74. The Kier molecular flexibility index (Phi) is 3.22. The number of aromatic nitrogens is 1. The zero-order valence-corrected chi connectivity index (χ0v) is 10.6. The molecule has 0 bridgehead atoms. The van der Waals surface area contributed by atoms with Crippen molar-refractivity contribution in [1.29, 1.82) is 0 Å². The van der Waals surface area contributed by atoms with Crippen molar-refractivity contribution in [3.63, 3.8) is 0 Å². The molecule has 17 heavy (non-hydrogen) atoms. The van der Waals surface area contributed by atoms with Gasteiger partial charge in [-0.2, -0.15) is 4.98 Å². The molecule has 1 aromatic carbocycles. The van der Waals surface area contributed by atoms with Crippen LogP contribution in [0.3, 0.4) is 0 Å². The van der Waals surface area contributed by atoms with Crippen LogP contribution in [0.15, 0.2) is 22.6 Å². The van der Waals surface area contributed by atoms with Crippen LogP contribution >= 0.6 is 0 Å². The first-order valence-corrected chi connectivity index (χ1v) is 6.01. The van der Waals surface area contributed by atoms with Crippen LogP contribution in [-0.2, 0) is 0 Å². The Balaban J connectivity index is 2.34. The van der Waals surface area contributed by atoms with Crippen molar-refractivity contribution in [2.75, 3.05) is 23.7 Å². The minimum absolute atomic E-state index is 0.579. The lowest BCUT2D eigenvalue weighted by Gasteiger charge is -2.20. The van der Waals surface area contributed by atoms with Crippen LogP contribution < -0.4 is 10.6 Å². The lowest BCUT2D eigenvalue weighted by molar-refractivity contribution is 0.534. The maximum atomic E-state index is 5.74. The molecule has 0 saturated heterocycles. The highest BCUT2D eigenvalue weighted by Crippen LogP contribution is 2.24. The molecule has 92 valence electrons. The number of hydrogen-bond acceptors (Lipinski definition) is 4. The molecule has 0 aliphatic rings. The number of hydrogen-bond donors (Lipinski definition) is 1. The molecule has 2 N–H and O–H groups in total. The van der Waals surface area contributed by atoms with Gasteiger partial charge >= 0.3 is 0 Å². The molecule has 2 aromatic rings. The van der Waals surface area contributed by atoms with E-state index in [0.717, 1.165) is 24.2 Å². The summed E-state index contributed by atoms with van der Waals surface area (Å²) in [7, 11) is 0. The van der Waals surface area contributed by atoms with Crippen LogP contribution in [0.1, 0.15) is 20.8 Å². The zero-order chi connectivity index (χ0) is 12.4. The summed E-state index contributed by atoms with van der Waals surface area (Å²) in [5, 5.41) is 0. The highest BCUT2D eigenvalue weighted by Gasteiger charge is 2.13. The molecule has 4 nitrogen and oxygen atoms in total. The van der Waals surface area contributed by atoms with Crippen LogP contribution in [0.5, 0.6) is 0 Å². The molecule has 0 spiro atoms. The summed E-state index contributed by atoms with van der Waals surface area (Å²) in [6.45, 7) is 8.30. The Labute approximate surface area is 101 Å². The molecular formula is C13H19N3O. The number of oxazole rings is 1. The molecule has 0 aliphatic carbocycles. The number of benzene rings is 1. The first-order valence-electron chi connectivity index (χ1n) is 6.01. The van der Waals surface area contributed by atoms with E-state index in [2.05, 4.69) is 30.7 Å². The Bertz CT molecular complexity index is 504. The van der Waals surface area contributed by atoms with Crippen molar-refractivity contribution in [2.45, 2.75) is 20.8 Å². The van der Waals surface area contributed by atoms with Gasteiger partial charge in [0.25, 0.3) is 6.01 Å². The van der Waals surface area contributed by atoms with E-state index in [-0.39, 0.29) is 0 Å². The summed E-state index contributed by atoms with van der Waals surface area (Å²) in [5.41, 5.74) is 8.03. The molecule has 0 fully saturated rings. The van der Waals surface area contributed by atoms with Gasteiger partial charge in [0.1, 0.15) is 5.52 Å². The molecule has 2 rings (SSSR count). The van der Waals surface area contributed by atoms with Gasteiger partial charge in [0.15, 0.2) is 5.58 Å². The quantitative estimate of drug-likeness (QED) is 0.825. The minimum atomic E-state index is 0.579. The van der Waals surface area contributed by atoms with Gasteiger partial charge in [0, 0.05) is 24.8 Å². The van der Waals surface area contributed by atoms with E-state index in [0.29, 0.717) is 17.6 Å². The molecule has 0 radical (unpaired) electrons. The first-order chi connectivity index (χ1) is 8.10. The molecule has 0 amide bonds. The fraction of sp³-hybridized carbons (Fsp3) is 0.462. The summed E-state index contributed by atoms with van der Waals surface area (Å²) < 4.78 is 5.74. The Morgan fingerprint density at radius 3 is 2.82 bits per heavy atom. The van der Waals surface area contributed by atoms with Crippen molar-refractivity contribution in [3.8, 4) is 0 Å². The van der Waals surface area contributed by atoms with E-state index in [1.807, 2.05) is 18.2 Å². The fourth-order valence-corrected chi connectivity index (χ4v) is 1.85. The van der Waals surface area contributed by atoms with Gasteiger partial charge in [-0.1, -0.05) is 13.8 Å². The van der Waals surface area contributed by atoms with Crippen LogP contribution in [0.25, 0.3) is 11.1 Å². The lowest BCUT2D eigenvalue weighted by Crippen LogP contribution is -2.27. The second-order valence-corrected chi connectivity index (χ2v) is 4.66. The predicted octanol–water partition coefficient (Wildman–Crippen LogP) is 2.89. The molecule has 0 aliphatic heterocycles. The van der Waals surface area contributed by atoms with Gasteiger partial charge in [-0.15, -0.1) is 0 Å². The number of nitrogen functional groups attached to an aromatic ring is 1. The highest BCUT2D eigenvalue weighted by atomic mass is 16.4. The van der Waals surface area contributed by atoms with E-state index < -0.39 is 0 Å². The van der Waals surface area contributed by atoms with Crippen molar-refractivity contribution < 1.29 is 4.42 Å². The Morgan fingerprint density at radius 1 is 1.41 bits per heavy atom. The third-order valence-electron chi connectivity index (χ3n) is 2.64.